The lowest BCUT2D eigenvalue weighted by Crippen LogP contribution is -2.53. The largest absolute Gasteiger partial charge is 0.493 e. The number of likely N-dealkylation sites (tertiary alicyclic amines) is 1. The number of hydrogen-bond donors (Lipinski definition) is 0. The van der Waals surface area contributed by atoms with Crippen molar-refractivity contribution in [3.8, 4) is 5.75 Å². The summed E-state index contributed by atoms with van der Waals surface area (Å²) in [6.45, 7) is 7.78. The Kier molecular flexibility index (Phi) is 6.17. The van der Waals surface area contributed by atoms with Gasteiger partial charge in [-0.3, -0.25) is 9.69 Å². The van der Waals surface area contributed by atoms with Crippen molar-refractivity contribution in [3.05, 3.63) is 29.6 Å². The lowest BCUT2D eigenvalue weighted by Gasteiger charge is -2.40. The van der Waals surface area contributed by atoms with Crippen molar-refractivity contribution >= 4 is 5.91 Å². The summed E-state index contributed by atoms with van der Waals surface area (Å²) >= 11 is 0. The molecule has 0 radical (unpaired) electrons. The van der Waals surface area contributed by atoms with Crippen molar-refractivity contribution in [3.63, 3.8) is 0 Å². The Hall–Kier alpha value is -1.62. The molecule has 1 aromatic carbocycles. The first kappa shape index (κ1) is 19.2. The number of benzene rings is 1. The Bertz CT molecular complexity index is 624. The van der Waals surface area contributed by atoms with E-state index in [1.807, 2.05) is 18.0 Å². The van der Waals surface area contributed by atoms with Gasteiger partial charge in [-0.25, -0.2) is 4.39 Å². The first-order valence-electron chi connectivity index (χ1n) is 9.81. The summed E-state index contributed by atoms with van der Waals surface area (Å²) in [7, 11) is 1.90. The molecule has 0 N–H and O–H groups in total. The molecule has 2 aliphatic rings. The maximum atomic E-state index is 14.3. The van der Waals surface area contributed by atoms with E-state index in [4.69, 9.17) is 4.74 Å². The van der Waals surface area contributed by atoms with Crippen LogP contribution >= 0.6 is 0 Å². The van der Waals surface area contributed by atoms with Gasteiger partial charge in [-0.1, -0.05) is 19.9 Å². The van der Waals surface area contributed by atoms with Gasteiger partial charge in [0.1, 0.15) is 11.6 Å². The molecule has 0 aromatic heterocycles. The molecule has 144 valence electrons. The van der Waals surface area contributed by atoms with Gasteiger partial charge in [-0.15, -0.1) is 0 Å². The Labute approximate surface area is 156 Å². The molecule has 4 nitrogen and oxygen atoms in total. The zero-order valence-electron chi connectivity index (χ0n) is 16.2. The van der Waals surface area contributed by atoms with Crippen LogP contribution in [0.25, 0.3) is 0 Å². The zero-order chi connectivity index (χ0) is 18.7. The summed E-state index contributed by atoms with van der Waals surface area (Å²) in [4.78, 5) is 16.4. The summed E-state index contributed by atoms with van der Waals surface area (Å²) in [5.74, 6) is 1.96. The fourth-order valence-corrected chi connectivity index (χ4v) is 3.34. The maximum Gasteiger partial charge on any atom is 0.228 e. The highest BCUT2D eigenvalue weighted by Crippen LogP contribution is 2.30. The van der Waals surface area contributed by atoms with Gasteiger partial charge in [0.25, 0.3) is 0 Å². The molecule has 1 saturated carbocycles. The monoisotopic (exact) mass is 362 g/mol. The van der Waals surface area contributed by atoms with Crippen LogP contribution in [0.3, 0.4) is 0 Å². The highest BCUT2D eigenvalue weighted by atomic mass is 19.1. The molecular formula is C21H31FN2O2. The number of carbonyl (C=O) groups is 1. The molecule has 1 aliphatic carbocycles. The van der Waals surface area contributed by atoms with Gasteiger partial charge >= 0.3 is 0 Å². The molecule has 1 aliphatic heterocycles. The average molecular weight is 362 g/mol. The quantitative estimate of drug-likeness (QED) is 0.673. The van der Waals surface area contributed by atoms with Crippen LogP contribution in [0.15, 0.2) is 18.2 Å². The van der Waals surface area contributed by atoms with Crippen molar-refractivity contribution in [2.24, 2.45) is 17.8 Å². The lowest BCUT2D eigenvalue weighted by atomic mass is 9.97. The minimum atomic E-state index is -0.229. The molecule has 0 unspecified atom stereocenters. The number of halogens is 1. The normalized spacial score (nSPS) is 18.0. The van der Waals surface area contributed by atoms with E-state index in [1.165, 1.54) is 18.9 Å². The van der Waals surface area contributed by atoms with Crippen LogP contribution in [0.1, 0.15) is 38.7 Å². The van der Waals surface area contributed by atoms with Gasteiger partial charge in [-0.05, 0) is 37.2 Å². The second kappa shape index (κ2) is 8.38. The van der Waals surface area contributed by atoms with Crippen LogP contribution in [0.4, 0.5) is 4.39 Å². The van der Waals surface area contributed by atoms with E-state index in [0.717, 1.165) is 32.0 Å². The second-order valence-corrected chi connectivity index (χ2v) is 8.34. The molecule has 3 rings (SSSR count). The number of hydrogen-bond acceptors (Lipinski definition) is 3. The van der Waals surface area contributed by atoms with Crippen molar-refractivity contribution in [1.82, 2.24) is 9.80 Å². The van der Waals surface area contributed by atoms with E-state index in [0.29, 0.717) is 30.4 Å². The molecule has 0 bridgehead atoms. The number of ether oxygens (including phenoxy) is 1. The first-order chi connectivity index (χ1) is 12.4. The predicted octanol–water partition coefficient (Wildman–Crippen LogP) is 3.55. The number of carbonyl (C=O) groups excluding carboxylic acids is 1. The maximum absolute atomic E-state index is 14.3. The summed E-state index contributed by atoms with van der Waals surface area (Å²) in [6, 6.07) is 5.11. The first-order valence-corrected chi connectivity index (χ1v) is 9.81. The van der Waals surface area contributed by atoms with Gasteiger partial charge in [0.2, 0.25) is 5.91 Å². The second-order valence-electron chi connectivity index (χ2n) is 8.34. The molecule has 0 spiro atoms. The van der Waals surface area contributed by atoms with Gasteiger partial charge in [0, 0.05) is 44.9 Å². The van der Waals surface area contributed by atoms with Crippen LogP contribution in [0.2, 0.25) is 0 Å². The third-order valence-electron chi connectivity index (χ3n) is 5.29. The smallest absolute Gasteiger partial charge is 0.228 e. The minimum absolute atomic E-state index is 0.0699. The van der Waals surface area contributed by atoms with E-state index in [-0.39, 0.29) is 17.6 Å². The summed E-state index contributed by atoms with van der Waals surface area (Å²) in [6.07, 6.45) is 3.47. The number of nitrogens with zero attached hydrogens (tertiary/aromatic N) is 2. The molecule has 0 atom stereocenters. The predicted molar refractivity (Wildman–Crippen MR) is 100 cm³/mol. The summed E-state index contributed by atoms with van der Waals surface area (Å²) in [5.41, 5.74) is 0.665. The Morgan fingerprint density at radius 1 is 1.35 bits per heavy atom. The molecule has 1 heterocycles. The van der Waals surface area contributed by atoms with Crippen molar-refractivity contribution in [2.45, 2.75) is 39.7 Å². The summed E-state index contributed by atoms with van der Waals surface area (Å²) < 4.78 is 19.9. The molecule has 1 aromatic rings. The van der Waals surface area contributed by atoms with Crippen LogP contribution in [-0.4, -0.2) is 49.0 Å². The molecule has 1 amide bonds. The van der Waals surface area contributed by atoms with E-state index >= 15 is 0 Å². The van der Waals surface area contributed by atoms with Crippen molar-refractivity contribution in [1.29, 1.82) is 0 Å². The lowest BCUT2D eigenvalue weighted by molar-refractivity contribution is -0.140. The Morgan fingerprint density at radius 2 is 2.08 bits per heavy atom. The highest BCUT2D eigenvalue weighted by Gasteiger charge is 2.36. The van der Waals surface area contributed by atoms with E-state index in [9.17, 15) is 9.18 Å². The Morgan fingerprint density at radius 3 is 2.69 bits per heavy atom. The van der Waals surface area contributed by atoms with E-state index < -0.39 is 0 Å². The van der Waals surface area contributed by atoms with Gasteiger partial charge in [0.05, 0.1) is 12.5 Å². The average Bonchev–Trinajstić information content (AvgIpc) is 3.35. The number of amides is 1. The third kappa shape index (κ3) is 5.19. The summed E-state index contributed by atoms with van der Waals surface area (Å²) in [5, 5.41) is 0. The fourth-order valence-electron chi connectivity index (χ4n) is 3.34. The molecule has 26 heavy (non-hydrogen) atoms. The molecule has 5 heteroatoms. The van der Waals surface area contributed by atoms with Crippen LogP contribution < -0.4 is 4.74 Å². The number of rotatable bonds is 9. The minimum Gasteiger partial charge on any atom is -0.493 e. The van der Waals surface area contributed by atoms with Crippen molar-refractivity contribution in [2.75, 3.05) is 33.3 Å². The topological polar surface area (TPSA) is 32.8 Å². The zero-order valence-corrected chi connectivity index (χ0v) is 16.2. The van der Waals surface area contributed by atoms with Gasteiger partial charge in [0.15, 0.2) is 0 Å². The van der Waals surface area contributed by atoms with E-state index in [1.54, 1.807) is 6.07 Å². The van der Waals surface area contributed by atoms with Gasteiger partial charge < -0.3 is 9.64 Å². The third-order valence-corrected chi connectivity index (χ3v) is 5.29. The van der Waals surface area contributed by atoms with Crippen LogP contribution in [0, 0.1) is 23.6 Å². The Balaban J connectivity index is 1.43. The van der Waals surface area contributed by atoms with Gasteiger partial charge in [-0.2, -0.15) is 0 Å². The highest BCUT2D eigenvalue weighted by molar-refractivity contribution is 5.80. The molecule has 1 saturated heterocycles. The molecular weight excluding hydrogens is 331 g/mol. The van der Waals surface area contributed by atoms with Crippen molar-refractivity contribution < 1.29 is 13.9 Å². The van der Waals surface area contributed by atoms with Crippen LogP contribution in [0.5, 0.6) is 5.75 Å². The molecule has 2 fully saturated rings. The standard InChI is InChI=1S/C21H31FN2O2/c1-15(2)8-9-26-19-7-6-17(20(22)10-19)12-24-13-18(14-24)21(25)23(3)11-16-4-5-16/h6-7,10,15-16,18H,4-5,8-9,11-14H2,1-3H3. The van der Waals surface area contributed by atoms with Crippen LogP contribution in [-0.2, 0) is 11.3 Å². The van der Waals surface area contributed by atoms with E-state index in [2.05, 4.69) is 18.7 Å². The fraction of sp³-hybridized carbons (Fsp3) is 0.667. The SMILES string of the molecule is CC(C)CCOc1ccc(CN2CC(C(=O)N(C)CC3CC3)C2)c(F)c1.